The number of rotatable bonds is 7. The van der Waals surface area contributed by atoms with Crippen LogP contribution in [0.4, 0.5) is 5.69 Å². The Labute approximate surface area is 171 Å². The van der Waals surface area contributed by atoms with Crippen molar-refractivity contribution in [2.24, 2.45) is 0 Å². The number of sulfonamides is 1. The van der Waals surface area contributed by atoms with Crippen LogP contribution in [0.2, 0.25) is 0 Å². The molecule has 1 amide bonds. The zero-order valence-corrected chi connectivity index (χ0v) is 17.4. The van der Waals surface area contributed by atoms with Gasteiger partial charge in [0.15, 0.2) is 0 Å². The number of morpholine rings is 1. The molecule has 1 aliphatic heterocycles. The van der Waals surface area contributed by atoms with Crippen LogP contribution >= 0.6 is 0 Å². The van der Waals surface area contributed by atoms with Gasteiger partial charge in [-0.15, -0.1) is 0 Å². The van der Waals surface area contributed by atoms with E-state index < -0.39 is 10.0 Å². The zero-order valence-electron chi connectivity index (χ0n) is 16.6. The van der Waals surface area contributed by atoms with Gasteiger partial charge < -0.3 is 14.8 Å². The monoisotopic (exact) mass is 418 g/mol. The summed E-state index contributed by atoms with van der Waals surface area (Å²) < 4.78 is 37.9. The molecule has 0 aromatic heterocycles. The number of amides is 1. The maximum atomic E-state index is 13.0. The van der Waals surface area contributed by atoms with Crippen LogP contribution in [0, 0.1) is 0 Å². The average molecular weight is 419 g/mol. The van der Waals surface area contributed by atoms with Gasteiger partial charge in [0.25, 0.3) is 0 Å². The minimum Gasteiger partial charge on any atom is -0.495 e. The quantitative estimate of drug-likeness (QED) is 0.747. The van der Waals surface area contributed by atoms with Crippen molar-refractivity contribution in [2.75, 3.05) is 38.7 Å². The summed E-state index contributed by atoms with van der Waals surface area (Å²) in [5, 5.41) is 2.85. The Kier molecular flexibility index (Phi) is 6.89. The Morgan fingerprint density at radius 2 is 1.86 bits per heavy atom. The molecule has 0 unspecified atom stereocenters. The fraction of sp³-hybridized carbons (Fsp3) is 0.381. The van der Waals surface area contributed by atoms with E-state index >= 15 is 0 Å². The van der Waals surface area contributed by atoms with Crippen LogP contribution in [0.3, 0.4) is 0 Å². The Morgan fingerprint density at radius 3 is 2.48 bits per heavy atom. The number of nitrogens with zero attached hydrogens (tertiary/aromatic N) is 1. The first-order valence-electron chi connectivity index (χ1n) is 9.59. The largest absolute Gasteiger partial charge is 0.495 e. The van der Waals surface area contributed by atoms with E-state index in [1.807, 2.05) is 37.3 Å². The molecule has 1 aliphatic rings. The second-order valence-electron chi connectivity index (χ2n) is 6.74. The van der Waals surface area contributed by atoms with Gasteiger partial charge in [-0.2, -0.15) is 4.31 Å². The highest BCUT2D eigenvalue weighted by Gasteiger charge is 2.28. The smallest absolute Gasteiger partial charge is 0.243 e. The number of anilines is 1. The predicted octanol–water partition coefficient (Wildman–Crippen LogP) is 2.85. The van der Waals surface area contributed by atoms with Crippen molar-refractivity contribution in [3.05, 3.63) is 54.1 Å². The van der Waals surface area contributed by atoms with Gasteiger partial charge >= 0.3 is 0 Å². The van der Waals surface area contributed by atoms with Gasteiger partial charge in [-0.05, 0) is 30.2 Å². The molecular formula is C21H26N2O5S. The molecule has 1 heterocycles. The molecule has 3 rings (SSSR count). The van der Waals surface area contributed by atoms with Gasteiger partial charge in [0, 0.05) is 13.1 Å². The maximum Gasteiger partial charge on any atom is 0.243 e. The molecule has 1 N–H and O–H groups in total. The molecule has 1 atom stereocenters. The Bertz CT molecular complexity index is 941. The maximum absolute atomic E-state index is 13.0. The third-order valence-corrected chi connectivity index (χ3v) is 6.86. The lowest BCUT2D eigenvalue weighted by Crippen LogP contribution is -2.40. The summed E-state index contributed by atoms with van der Waals surface area (Å²) in [5.74, 6) is -0.152. The highest BCUT2D eigenvalue weighted by atomic mass is 32.2. The minimum absolute atomic E-state index is 0.114. The number of hydrogen-bond donors (Lipinski definition) is 1. The van der Waals surface area contributed by atoms with Gasteiger partial charge in [0.05, 0.1) is 36.8 Å². The molecule has 8 heteroatoms. The van der Waals surface area contributed by atoms with Crippen molar-refractivity contribution < 1.29 is 22.7 Å². The zero-order chi connectivity index (χ0) is 20.9. The standard InChI is InChI=1S/C21H26N2O5S/c1-3-18(16-7-5-4-6-8-16)21(24)22-19-15-17(9-10-20(19)27-2)29(25,26)23-11-13-28-14-12-23/h4-10,15,18H,3,11-14H2,1-2H3,(H,22,24)/t18-/m0/s1. The molecule has 0 saturated carbocycles. The molecule has 1 fully saturated rings. The number of hydrogen-bond acceptors (Lipinski definition) is 5. The molecule has 2 aromatic rings. The third kappa shape index (κ3) is 4.77. The van der Waals surface area contributed by atoms with E-state index in [-0.39, 0.29) is 16.7 Å². The van der Waals surface area contributed by atoms with E-state index in [0.717, 1.165) is 5.56 Å². The molecular weight excluding hydrogens is 392 g/mol. The Morgan fingerprint density at radius 1 is 1.17 bits per heavy atom. The predicted molar refractivity (Wildman–Crippen MR) is 111 cm³/mol. The fourth-order valence-electron chi connectivity index (χ4n) is 3.36. The van der Waals surface area contributed by atoms with Crippen molar-refractivity contribution in [2.45, 2.75) is 24.2 Å². The summed E-state index contributed by atoms with van der Waals surface area (Å²) >= 11 is 0. The van der Waals surface area contributed by atoms with Gasteiger partial charge in [-0.25, -0.2) is 8.42 Å². The normalized spacial score (nSPS) is 16.2. The summed E-state index contributed by atoms with van der Waals surface area (Å²) in [4.78, 5) is 13.0. The van der Waals surface area contributed by atoms with Crippen LogP contribution in [0.1, 0.15) is 24.8 Å². The SMILES string of the molecule is CC[C@H](C(=O)Nc1cc(S(=O)(=O)N2CCOCC2)ccc1OC)c1ccccc1. The third-order valence-electron chi connectivity index (χ3n) is 4.96. The molecule has 29 heavy (non-hydrogen) atoms. The first-order chi connectivity index (χ1) is 14.0. The van der Waals surface area contributed by atoms with Gasteiger partial charge in [-0.1, -0.05) is 37.3 Å². The lowest BCUT2D eigenvalue weighted by atomic mass is 9.95. The van der Waals surface area contributed by atoms with E-state index in [9.17, 15) is 13.2 Å². The lowest BCUT2D eigenvalue weighted by molar-refractivity contribution is -0.117. The lowest BCUT2D eigenvalue weighted by Gasteiger charge is -2.26. The van der Waals surface area contributed by atoms with Crippen molar-refractivity contribution in [3.8, 4) is 5.75 Å². The fourth-order valence-corrected chi connectivity index (χ4v) is 4.79. The highest BCUT2D eigenvalue weighted by Crippen LogP contribution is 2.31. The highest BCUT2D eigenvalue weighted by molar-refractivity contribution is 7.89. The van der Waals surface area contributed by atoms with Crippen LogP contribution in [0.5, 0.6) is 5.75 Å². The van der Waals surface area contributed by atoms with Crippen LogP contribution in [-0.2, 0) is 19.6 Å². The summed E-state index contributed by atoms with van der Waals surface area (Å²) in [6, 6.07) is 14.0. The molecule has 0 aliphatic carbocycles. The number of carbonyl (C=O) groups excluding carboxylic acids is 1. The van der Waals surface area contributed by atoms with Gasteiger partial charge in [0.1, 0.15) is 5.75 Å². The topological polar surface area (TPSA) is 84.9 Å². The number of methoxy groups -OCH3 is 1. The molecule has 2 aromatic carbocycles. The van der Waals surface area contributed by atoms with Crippen LogP contribution in [-0.4, -0.2) is 52.0 Å². The second kappa shape index (κ2) is 9.39. The number of benzene rings is 2. The first-order valence-corrected chi connectivity index (χ1v) is 11.0. The van der Waals surface area contributed by atoms with E-state index in [1.165, 1.54) is 23.5 Å². The summed E-state index contributed by atoms with van der Waals surface area (Å²) in [6.07, 6.45) is 0.615. The van der Waals surface area contributed by atoms with Gasteiger partial charge in [0.2, 0.25) is 15.9 Å². The molecule has 0 spiro atoms. The van der Waals surface area contributed by atoms with Crippen molar-refractivity contribution in [1.29, 1.82) is 0 Å². The van der Waals surface area contributed by atoms with Crippen LogP contribution in [0.15, 0.2) is 53.4 Å². The molecule has 0 radical (unpaired) electrons. The number of carbonyl (C=O) groups is 1. The van der Waals surface area contributed by atoms with Crippen LogP contribution in [0.25, 0.3) is 0 Å². The van der Waals surface area contributed by atoms with E-state index in [2.05, 4.69) is 5.32 Å². The Hall–Kier alpha value is -2.42. The second-order valence-corrected chi connectivity index (χ2v) is 8.68. The molecule has 1 saturated heterocycles. The molecule has 156 valence electrons. The van der Waals surface area contributed by atoms with E-state index in [1.54, 1.807) is 6.07 Å². The number of nitrogens with one attached hydrogen (secondary N) is 1. The summed E-state index contributed by atoms with van der Waals surface area (Å²) in [5.41, 5.74) is 1.24. The first kappa shape index (κ1) is 21.3. The minimum atomic E-state index is -3.68. The van der Waals surface area contributed by atoms with Crippen molar-refractivity contribution >= 4 is 21.6 Å². The van der Waals surface area contributed by atoms with Gasteiger partial charge in [-0.3, -0.25) is 4.79 Å². The van der Waals surface area contributed by atoms with Crippen LogP contribution < -0.4 is 10.1 Å². The Balaban J connectivity index is 1.88. The van der Waals surface area contributed by atoms with Crippen molar-refractivity contribution in [1.82, 2.24) is 4.31 Å². The molecule has 0 bridgehead atoms. The molecule has 7 nitrogen and oxygen atoms in total. The van der Waals surface area contributed by atoms with Crippen molar-refractivity contribution in [3.63, 3.8) is 0 Å². The summed E-state index contributed by atoms with van der Waals surface area (Å²) in [6.45, 7) is 3.29. The average Bonchev–Trinajstić information content (AvgIpc) is 2.75. The number of ether oxygens (including phenoxy) is 2. The summed E-state index contributed by atoms with van der Waals surface area (Å²) in [7, 11) is -2.20. The van der Waals surface area contributed by atoms with E-state index in [4.69, 9.17) is 9.47 Å². The van der Waals surface area contributed by atoms with E-state index in [0.29, 0.717) is 44.2 Å².